The van der Waals surface area contributed by atoms with Gasteiger partial charge in [0, 0.05) is 17.8 Å². The molecule has 1 spiro atoms. The van der Waals surface area contributed by atoms with Crippen molar-refractivity contribution in [2.24, 2.45) is 17.8 Å². The number of anilines is 1. The van der Waals surface area contributed by atoms with Gasteiger partial charge in [-0.05, 0) is 43.4 Å². The number of carbonyl (C=O) groups excluding carboxylic acids is 4. The summed E-state index contributed by atoms with van der Waals surface area (Å²) in [6.45, 7) is 12.9. The molecule has 3 amide bonds. The lowest BCUT2D eigenvalue weighted by molar-refractivity contribution is -0.162. The largest absolute Gasteiger partial charge is 0.455 e. The summed E-state index contributed by atoms with van der Waals surface area (Å²) in [5, 5.41) is 14.0. The van der Waals surface area contributed by atoms with Gasteiger partial charge >= 0.3 is 5.97 Å². The van der Waals surface area contributed by atoms with Crippen LogP contribution in [0.15, 0.2) is 79.9 Å². The van der Waals surface area contributed by atoms with Crippen LogP contribution in [0.25, 0.3) is 0 Å². The summed E-state index contributed by atoms with van der Waals surface area (Å²) >= 11 is 10.3. The van der Waals surface area contributed by atoms with E-state index in [1.165, 1.54) is 9.80 Å². The van der Waals surface area contributed by atoms with Crippen molar-refractivity contribution >= 4 is 56.9 Å². The highest BCUT2D eigenvalue weighted by Gasteiger charge is 2.78. The fraction of sp³-hybridized carbons (Fsp3) is 0.487. The molecule has 0 aromatic heterocycles. The van der Waals surface area contributed by atoms with Crippen LogP contribution in [0.1, 0.15) is 58.1 Å². The van der Waals surface area contributed by atoms with E-state index in [9.17, 15) is 24.3 Å². The first-order valence-corrected chi connectivity index (χ1v) is 18.8. The second-order valence-corrected chi connectivity index (χ2v) is 15.3. The number of alkyl halides is 1. The van der Waals surface area contributed by atoms with Crippen molar-refractivity contribution < 1.29 is 33.8 Å². The van der Waals surface area contributed by atoms with Crippen LogP contribution >= 0.6 is 27.5 Å². The van der Waals surface area contributed by atoms with Gasteiger partial charge < -0.3 is 29.7 Å². The summed E-state index contributed by atoms with van der Waals surface area (Å²) in [6, 6.07) is 13.5. The van der Waals surface area contributed by atoms with Crippen molar-refractivity contribution in [2.75, 3.05) is 18.1 Å². The van der Waals surface area contributed by atoms with E-state index >= 15 is 0 Å². The minimum absolute atomic E-state index is 0.0940. The number of nitrogens with one attached hydrogen (secondary N) is 1. The van der Waals surface area contributed by atoms with E-state index < -0.39 is 72.2 Å². The van der Waals surface area contributed by atoms with E-state index in [-0.39, 0.29) is 36.0 Å². The molecular formula is C39H47BrClN3O7. The van der Waals surface area contributed by atoms with Crippen molar-refractivity contribution in [1.82, 2.24) is 10.2 Å². The molecule has 2 bridgehead atoms. The van der Waals surface area contributed by atoms with Crippen LogP contribution in [0.4, 0.5) is 5.69 Å². The molecule has 12 heteroatoms. The molecule has 3 fully saturated rings. The van der Waals surface area contributed by atoms with E-state index in [2.05, 4.69) is 34.4 Å². The number of amides is 3. The molecule has 3 heterocycles. The van der Waals surface area contributed by atoms with Crippen LogP contribution in [0.5, 0.6) is 0 Å². The van der Waals surface area contributed by atoms with Gasteiger partial charge in [0.1, 0.15) is 17.7 Å². The average Bonchev–Trinajstić information content (AvgIpc) is 3.72. The van der Waals surface area contributed by atoms with Gasteiger partial charge in [0.25, 0.3) is 5.91 Å². The van der Waals surface area contributed by atoms with E-state index in [0.717, 1.165) is 0 Å². The van der Waals surface area contributed by atoms with Crippen molar-refractivity contribution in [3.8, 4) is 0 Å². The average molecular weight is 785 g/mol. The van der Waals surface area contributed by atoms with Gasteiger partial charge in [0.15, 0.2) is 0 Å². The van der Waals surface area contributed by atoms with Crippen LogP contribution in [0.2, 0.25) is 5.02 Å². The van der Waals surface area contributed by atoms with Gasteiger partial charge in [-0.1, -0.05) is 102 Å². The SMILES string of the molecule is C=CCCC(=O)N[C@H](C)[C@@H](OC(=O)[C@@H]1[C@H]2O[C@@]3(CC2Br)[C@H](C(=O)N(CC=C)c2ccccc2Cl)N([C@@H](CO)[C@@H](C)CC)C(=O)[C@@H]13)c1ccccc1. The molecule has 0 radical (unpaired) electrons. The standard InChI is InChI=1S/C39H47BrClN3O7/c1-6-9-19-30(46)42-24(5)33(25-15-11-10-12-16-25)50-38(49)31-32-36(47)44(29(22-45)23(4)8-3)35(39(32)21-26(40)34(31)51-39)37(48)43(20-7-2)28-18-14-13-17-27(28)41/h6-7,10-18,23-24,26,29,31-35,45H,1-2,8-9,19-22H2,3-5H3,(H,42,46)/t23-,24+,26?,29-,31-,32+,33+,34-,35-,39+/m0/s1. The number of allylic oxidation sites excluding steroid dienone is 1. The van der Waals surface area contributed by atoms with Crippen LogP contribution in [-0.2, 0) is 28.7 Å². The van der Waals surface area contributed by atoms with Crippen LogP contribution < -0.4 is 10.2 Å². The lowest BCUT2D eigenvalue weighted by atomic mass is 9.70. The first-order chi connectivity index (χ1) is 24.4. The lowest BCUT2D eigenvalue weighted by Gasteiger charge is -2.41. The second kappa shape index (κ2) is 16.4. The Morgan fingerprint density at radius 2 is 1.84 bits per heavy atom. The zero-order valence-corrected chi connectivity index (χ0v) is 31.6. The number of benzene rings is 2. The van der Waals surface area contributed by atoms with Gasteiger partial charge in [0.2, 0.25) is 11.8 Å². The van der Waals surface area contributed by atoms with Crippen LogP contribution in [0, 0.1) is 17.8 Å². The Morgan fingerprint density at radius 3 is 2.47 bits per heavy atom. The van der Waals surface area contributed by atoms with Crippen molar-refractivity contribution in [3.63, 3.8) is 0 Å². The highest BCUT2D eigenvalue weighted by molar-refractivity contribution is 9.09. The quantitative estimate of drug-likeness (QED) is 0.126. The fourth-order valence-corrected chi connectivity index (χ4v) is 9.16. The molecule has 2 N–H and O–H groups in total. The predicted octanol–water partition coefficient (Wildman–Crippen LogP) is 5.77. The highest BCUT2D eigenvalue weighted by atomic mass is 79.9. The molecule has 3 aliphatic heterocycles. The number of likely N-dealkylation sites (tertiary alicyclic amines) is 1. The molecule has 2 aromatic carbocycles. The fourth-order valence-electron chi connectivity index (χ4n) is 7.98. The molecule has 5 rings (SSSR count). The number of hydrogen-bond acceptors (Lipinski definition) is 7. The first kappa shape index (κ1) is 38.7. The van der Waals surface area contributed by atoms with Crippen molar-refractivity contribution in [1.29, 1.82) is 0 Å². The number of aliphatic hydroxyl groups is 1. The number of halogens is 2. The summed E-state index contributed by atoms with van der Waals surface area (Å²) in [4.78, 5) is 59.7. The Hall–Kier alpha value is -3.51. The number of nitrogens with zero attached hydrogens (tertiary/aromatic N) is 2. The molecule has 1 unspecified atom stereocenters. The lowest BCUT2D eigenvalue weighted by Crippen LogP contribution is -2.60. The molecule has 3 saturated heterocycles. The minimum atomic E-state index is -1.41. The normalized spacial score (nSPS) is 27.2. The topological polar surface area (TPSA) is 125 Å². The Balaban J connectivity index is 1.56. The molecule has 274 valence electrons. The number of ether oxygens (including phenoxy) is 2. The molecule has 51 heavy (non-hydrogen) atoms. The number of esters is 1. The number of carbonyl (C=O) groups is 4. The number of fused-ring (bicyclic) bond motifs is 1. The van der Waals surface area contributed by atoms with E-state index in [0.29, 0.717) is 29.1 Å². The Bertz CT molecular complexity index is 1630. The third-order valence-electron chi connectivity index (χ3n) is 10.6. The van der Waals surface area contributed by atoms with Gasteiger partial charge in [-0.3, -0.25) is 19.2 Å². The number of rotatable bonds is 16. The third kappa shape index (κ3) is 7.27. The molecule has 10 nitrogen and oxygen atoms in total. The molecule has 3 aliphatic rings. The smallest absolute Gasteiger partial charge is 0.313 e. The van der Waals surface area contributed by atoms with Gasteiger partial charge in [0.05, 0.1) is 47.3 Å². The monoisotopic (exact) mass is 783 g/mol. The summed E-state index contributed by atoms with van der Waals surface area (Å²) in [7, 11) is 0. The van der Waals surface area contributed by atoms with E-state index in [1.54, 1.807) is 43.3 Å². The Labute approximate surface area is 313 Å². The van der Waals surface area contributed by atoms with E-state index in [4.69, 9.17) is 21.1 Å². The first-order valence-electron chi connectivity index (χ1n) is 17.5. The molecule has 10 atom stereocenters. The summed E-state index contributed by atoms with van der Waals surface area (Å²) < 4.78 is 13.0. The third-order valence-corrected chi connectivity index (χ3v) is 11.8. The molecule has 0 aliphatic carbocycles. The van der Waals surface area contributed by atoms with Crippen LogP contribution in [0.3, 0.4) is 0 Å². The Kier molecular flexibility index (Phi) is 12.5. The summed E-state index contributed by atoms with van der Waals surface area (Å²) in [5.74, 6) is -4.11. The van der Waals surface area contributed by atoms with Crippen LogP contribution in [-0.4, -0.2) is 81.5 Å². The van der Waals surface area contributed by atoms with Gasteiger partial charge in [-0.2, -0.15) is 0 Å². The maximum atomic E-state index is 15.0. The molecule has 0 saturated carbocycles. The van der Waals surface area contributed by atoms with Gasteiger partial charge in [-0.25, -0.2) is 0 Å². The number of hydrogen-bond donors (Lipinski definition) is 2. The van der Waals surface area contributed by atoms with E-state index in [1.807, 2.05) is 44.2 Å². The Morgan fingerprint density at radius 1 is 1.16 bits per heavy atom. The summed E-state index contributed by atoms with van der Waals surface area (Å²) in [6.07, 6.45) is 3.21. The second-order valence-electron chi connectivity index (χ2n) is 13.7. The maximum Gasteiger partial charge on any atom is 0.313 e. The maximum absolute atomic E-state index is 15.0. The zero-order chi connectivity index (χ0) is 37.0. The minimum Gasteiger partial charge on any atom is -0.455 e. The van der Waals surface area contributed by atoms with Crippen molar-refractivity contribution in [2.45, 2.75) is 87.2 Å². The zero-order valence-electron chi connectivity index (χ0n) is 29.3. The number of para-hydroxylation sites is 1. The molecular weight excluding hydrogens is 738 g/mol. The number of aliphatic hydroxyl groups excluding tert-OH is 1. The predicted molar refractivity (Wildman–Crippen MR) is 199 cm³/mol. The highest BCUT2D eigenvalue weighted by Crippen LogP contribution is 2.61. The van der Waals surface area contributed by atoms with Crippen molar-refractivity contribution in [3.05, 3.63) is 90.5 Å². The summed E-state index contributed by atoms with van der Waals surface area (Å²) in [5.41, 5.74) is -0.305. The van der Waals surface area contributed by atoms with Gasteiger partial charge in [-0.15, -0.1) is 13.2 Å². The molecule has 2 aromatic rings.